The van der Waals surface area contributed by atoms with Crippen molar-refractivity contribution in [2.45, 2.75) is 69.1 Å². The van der Waals surface area contributed by atoms with Crippen LogP contribution >= 0.6 is 11.3 Å². The molecule has 4 saturated carbocycles. The number of alkyl halides is 3. The van der Waals surface area contributed by atoms with Crippen molar-refractivity contribution in [3.05, 3.63) is 70.9 Å². The van der Waals surface area contributed by atoms with Gasteiger partial charge < -0.3 is 9.26 Å². The lowest BCUT2D eigenvalue weighted by molar-refractivity contribution is -0.274. The molecular weight excluding hydrogens is 509 g/mol. The van der Waals surface area contributed by atoms with E-state index in [-0.39, 0.29) is 22.5 Å². The van der Waals surface area contributed by atoms with Crippen molar-refractivity contribution >= 4 is 27.6 Å². The molecule has 2 heterocycles. The van der Waals surface area contributed by atoms with Gasteiger partial charge in [-0.1, -0.05) is 41.6 Å². The monoisotopic (exact) mass is 536 g/mol. The Bertz CT molecular complexity index is 1470. The number of benzene rings is 2. The maximum absolute atomic E-state index is 13.1. The zero-order valence-electron chi connectivity index (χ0n) is 20.8. The molecular formula is C30H27F3N2O2S. The molecule has 2 bridgehead atoms. The Morgan fingerprint density at radius 3 is 2.37 bits per heavy atom. The van der Waals surface area contributed by atoms with Crippen LogP contribution in [0.4, 0.5) is 13.2 Å². The molecule has 0 spiro atoms. The van der Waals surface area contributed by atoms with Crippen LogP contribution in [-0.4, -0.2) is 16.5 Å². The first kappa shape index (κ1) is 23.9. The fourth-order valence-electron chi connectivity index (χ4n) is 6.33. The first-order valence-corrected chi connectivity index (χ1v) is 14.0. The van der Waals surface area contributed by atoms with Gasteiger partial charge in [-0.25, -0.2) is 4.98 Å². The minimum atomic E-state index is -4.78. The standard InChI is InChI=1S/C30H27F3N2O2S/c31-30(32,33)36-23-7-3-1-5-20(23)25-21(26(37-35-25)19-9-10-19)11-12-28-13-16-29(17-14-28,18-15-28)27-34-22-6-2-4-8-24(22)38-27/h1-8,11-12,19H,9-10,13-18H2/b12-11+. The predicted molar refractivity (Wildman–Crippen MR) is 141 cm³/mol. The second-order valence-electron chi connectivity index (χ2n) is 11.1. The van der Waals surface area contributed by atoms with E-state index in [1.165, 1.54) is 21.8 Å². The number of hydrogen-bond donors (Lipinski definition) is 0. The number of allylic oxidation sites excluding steroid dienone is 1. The lowest BCUT2D eigenvalue weighted by Gasteiger charge is -2.51. The number of hydrogen-bond acceptors (Lipinski definition) is 5. The number of fused-ring (bicyclic) bond motifs is 4. The van der Waals surface area contributed by atoms with Crippen molar-refractivity contribution in [2.24, 2.45) is 5.41 Å². The highest BCUT2D eigenvalue weighted by molar-refractivity contribution is 7.18. The zero-order valence-corrected chi connectivity index (χ0v) is 21.6. The van der Waals surface area contributed by atoms with Crippen LogP contribution in [0.1, 0.15) is 73.6 Å². The Morgan fingerprint density at radius 1 is 0.947 bits per heavy atom. The molecule has 4 nitrogen and oxygen atoms in total. The van der Waals surface area contributed by atoms with Crippen LogP contribution in [0.3, 0.4) is 0 Å². The second kappa shape index (κ2) is 8.70. The highest BCUT2D eigenvalue weighted by atomic mass is 32.1. The van der Waals surface area contributed by atoms with E-state index in [1.807, 2.05) is 17.4 Å². The first-order chi connectivity index (χ1) is 18.3. The Hall–Kier alpha value is -3.13. The Balaban J connectivity index is 1.18. The fourth-order valence-corrected chi connectivity index (χ4v) is 7.57. The van der Waals surface area contributed by atoms with Crippen LogP contribution in [0.2, 0.25) is 0 Å². The van der Waals surface area contributed by atoms with Gasteiger partial charge in [0.15, 0.2) is 0 Å². The molecule has 8 heteroatoms. The van der Waals surface area contributed by atoms with Crippen molar-refractivity contribution in [3.63, 3.8) is 0 Å². The summed E-state index contributed by atoms with van der Waals surface area (Å²) in [5, 5.41) is 5.52. The van der Waals surface area contributed by atoms with E-state index < -0.39 is 6.36 Å². The molecule has 0 N–H and O–H groups in total. The van der Waals surface area contributed by atoms with Crippen LogP contribution in [-0.2, 0) is 5.41 Å². The van der Waals surface area contributed by atoms with Gasteiger partial charge >= 0.3 is 6.36 Å². The van der Waals surface area contributed by atoms with Crippen LogP contribution in [0.5, 0.6) is 5.75 Å². The minimum absolute atomic E-state index is 0.0791. The number of nitrogens with zero attached hydrogens (tertiary/aromatic N) is 2. The van der Waals surface area contributed by atoms with Gasteiger partial charge in [-0.15, -0.1) is 24.5 Å². The zero-order chi connectivity index (χ0) is 26.0. The summed E-state index contributed by atoms with van der Waals surface area (Å²) in [6.07, 6.45) is 8.13. The Labute approximate surface area is 222 Å². The smallest absolute Gasteiger partial charge is 0.405 e. The van der Waals surface area contributed by atoms with E-state index in [0.29, 0.717) is 11.3 Å². The molecule has 0 unspecified atom stereocenters. The summed E-state index contributed by atoms with van der Waals surface area (Å²) in [7, 11) is 0. The normalized spacial score (nSPS) is 25.4. The van der Waals surface area contributed by atoms with E-state index in [1.54, 1.807) is 12.1 Å². The van der Waals surface area contributed by atoms with E-state index in [2.05, 4.69) is 40.2 Å². The quantitative estimate of drug-likeness (QED) is 0.247. The van der Waals surface area contributed by atoms with Gasteiger partial charge in [-0.3, -0.25) is 0 Å². The molecule has 196 valence electrons. The van der Waals surface area contributed by atoms with E-state index in [0.717, 1.165) is 68.2 Å². The largest absolute Gasteiger partial charge is 0.573 e. The summed E-state index contributed by atoms with van der Waals surface area (Å²) in [4.78, 5) is 5.02. The lowest BCUT2D eigenvalue weighted by atomic mass is 9.54. The SMILES string of the molecule is FC(F)(F)Oc1ccccc1-c1noc(C2CC2)c1/C=C/C12CCC(c3nc4ccccc4s3)(CC1)CC2. The number of halogens is 3. The molecule has 4 fully saturated rings. The molecule has 0 atom stereocenters. The second-order valence-corrected chi connectivity index (χ2v) is 12.1. The van der Waals surface area contributed by atoms with Gasteiger partial charge in [0.25, 0.3) is 0 Å². The molecule has 4 aromatic rings. The van der Waals surface area contributed by atoms with Gasteiger partial charge in [-0.2, -0.15) is 0 Å². The number of rotatable bonds is 6. The summed E-state index contributed by atoms with van der Waals surface area (Å²) in [5.74, 6) is 0.776. The third-order valence-corrected chi connectivity index (χ3v) is 10.0. The topological polar surface area (TPSA) is 48.2 Å². The number of para-hydroxylation sites is 2. The van der Waals surface area contributed by atoms with E-state index in [9.17, 15) is 13.2 Å². The molecule has 38 heavy (non-hydrogen) atoms. The van der Waals surface area contributed by atoms with Gasteiger partial charge in [0, 0.05) is 22.5 Å². The molecule has 2 aromatic carbocycles. The average molecular weight is 537 g/mol. The third-order valence-electron chi connectivity index (χ3n) is 8.73. The van der Waals surface area contributed by atoms with Gasteiger partial charge in [-0.05, 0) is 81.0 Å². The molecule has 2 aromatic heterocycles. The predicted octanol–water partition coefficient (Wildman–Crippen LogP) is 9.03. The molecule has 4 aliphatic carbocycles. The number of thiazole rings is 1. The summed E-state index contributed by atoms with van der Waals surface area (Å²) in [5.41, 5.74) is 2.82. The first-order valence-electron chi connectivity index (χ1n) is 13.2. The highest BCUT2D eigenvalue weighted by Gasteiger charge is 2.49. The summed E-state index contributed by atoms with van der Waals surface area (Å²) in [6.45, 7) is 0. The molecule has 0 amide bonds. The van der Waals surface area contributed by atoms with Crippen molar-refractivity contribution in [1.82, 2.24) is 10.1 Å². The van der Waals surface area contributed by atoms with Crippen molar-refractivity contribution < 1.29 is 22.4 Å². The Morgan fingerprint density at radius 2 is 1.66 bits per heavy atom. The van der Waals surface area contributed by atoms with Crippen molar-refractivity contribution in [3.8, 4) is 17.0 Å². The highest BCUT2D eigenvalue weighted by Crippen LogP contribution is 2.59. The van der Waals surface area contributed by atoms with Gasteiger partial charge in [0.1, 0.15) is 17.2 Å². The summed E-state index contributed by atoms with van der Waals surface area (Å²) in [6, 6.07) is 14.5. The van der Waals surface area contributed by atoms with Gasteiger partial charge in [0.05, 0.1) is 15.2 Å². The molecule has 0 radical (unpaired) electrons. The van der Waals surface area contributed by atoms with Crippen molar-refractivity contribution in [2.75, 3.05) is 0 Å². The molecule has 0 aliphatic heterocycles. The number of ether oxygens (including phenoxy) is 1. The van der Waals surface area contributed by atoms with Gasteiger partial charge in [0.2, 0.25) is 0 Å². The van der Waals surface area contributed by atoms with E-state index in [4.69, 9.17) is 9.51 Å². The molecule has 0 saturated heterocycles. The third kappa shape index (κ3) is 4.23. The van der Waals surface area contributed by atoms with Crippen LogP contribution < -0.4 is 4.74 Å². The minimum Gasteiger partial charge on any atom is -0.405 e. The maximum atomic E-state index is 13.1. The van der Waals surface area contributed by atoms with Crippen LogP contribution in [0.25, 0.3) is 27.6 Å². The maximum Gasteiger partial charge on any atom is 0.573 e. The van der Waals surface area contributed by atoms with Crippen molar-refractivity contribution in [1.29, 1.82) is 0 Å². The van der Waals surface area contributed by atoms with E-state index >= 15 is 0 Å². The average Bonchev–Trinajstić information content (AvgIpc) is 3.51. The van der Waals surface area contributed by atoms with Crippen LogP contribution in [0, 0.1) is 5.41 Å². The summed E-state index contributed by atoms with van der Waals surface area (Å²) < 4.78 is 50.6. The molecule has 8 rings (SSSR count). The fraction of sp³-hybridized carbons (Fsp3) is 0.400. The Kier molecular flexibility index (Phi) is 5.48. The molecule has 4 aliphatic rings. The lowest BCUT2D eigenvalue weighted by Crippen LogP contribution is -2.43. The number of aromatic nitrogens is 2. The summed E-state index contributed by atoms with van der Waals surface area (Å²) >= 11 is 1.84. The van der Waals surface area contributed by atoms with Crippen LogP contribution in [0.15, 0.2) is 59.1 Å².